The van der Waals surface area contributed by atoms with Crippen LogP contribution in [0.25, 0.3) is 0 Å². The summed E-state index contributed by atoms with van der Waals surface area (Å²) in [6.45, 7) is 5.60. The molecule has 6 nitrogen and oxygen atoms in total. The summed E-state index contributed by atoms with van der Waals surface area (Å²) in [5.74, 6) is 1.78. The molecule has 0 spiro atoms. The van der Waals surface area contributed by atoms with Crippen molar-refractivity contribution in [3.63, 3.8) is 0 Å². The molecule has 0 atom stereocenters. The summed E-state index contributed by atoms with van der Waals surface area (Å²) in [6.07, 6.45) is 5.18. The van der Waals surface area contributed by atoms with Crippen molar-refractivity contribution < 1.29 is 0 Å². The Hall–Kier alpha value is -1.76. The maximum Gasteiger partial charge on any atom is 0.225 e. The standard InChI is InChI=1S/C13H15BrN6/c1-10-6-12(18-9-17-10)19-2-4-20(5-3-19)13-15-7-11(14)8-16-13/h6-9H,2-5H2,1H3. The van der Waals surface area contributed by atoms with E-state index in [0.29, 0.717) is 0 Å². The van der Waals surface area contributed by atoms with Gasteiger partial charge in [0.1, 0.15) is 12.1 Å². The number of hydrogen-bond acceptors (Lipinski definition) is 6. The number of hydrogen-bond donors (Lipinski definition) is 0. The fourth-order valence-electron chi connectivity index (χ4n) is 2.22. The summed E-state index contributed by atoms with van der Waals surface area (Å²) < 4.78 is 0.899. The number of rotatable bonds is 2. The molecule has 0 aliphatic carbocycles. The molecule has 1 saturated heterocycles. The number of anilines is 2. The SMILES string of the molecule is Cc1cc(N2CCN(c3ncc(Br)cn3)CC2)ncn1. The van der Waals surface area contributed by atoms with E-state index in [-0.39, 0.29) is 0 Å². The normalized spacial score (nSPS) is 15.5. The highest BCUT2D eigenvalue weighted by Gasteiger charge is 2.19. The van der Waals surface area contributed by atoms with E-state index in [1.807, 2.05) is 13.0 Å². The Morgan fingerprint density at radius 1 is 0.950 bits per heavy atom. The number of halogens is 1. The van der Waals surface area contributed by atoms with Gasteiger partial charge in [0, 0.05) is 50.3 Å². The molecule has 1 aliphatic rings. The second kappa shape index (κ2) is 5.70. The molecule has 0 unspecified atom stereocenters. The minimum atomic E-state index is 0.784. The van der Waals surface area contributed by atoms with Gasteiger partial charge in [-0.05, 0) is 22.9 Å². The van der Waals surface area contributed by atoms with Crippen molar-refractivity contribution in [2.75, 3.05) is 36.0 Å². The molecular formula is C13H15BrN6. The van der Waals surface area contributed by atoms with E-state index >= 15 is 0 Å². The first-order chi connectivity index (χ1) is 9.72. The van der Waals surface area contributed by atoms with Gasteiger partial charge in [-0.1, -0.05) is 0 Å². The minimum Gasteiger partial charge on any atom is -0.353 e. The number of nitrogens with zero attached hydrogens (tertiary/aromatic N) is 6. The van der Waals surface area contributed by atoms with Crippen LogP contribution >= 0.6 is 15.9 Å². The second-order valence-electron chi connectivity index (χ2n) is 4.69. The van der Waals surface area contributed by atoms with Crippen molar-refractivity contribution in [2.45, 2.75) is 6.92 Å². The van der Waals surface area contributed by atoms with Crippen LogP contribution in [0.5, 0.6) is 0 Å². The molecule has 3 rings (SSSR count). The van der Waals surface area contributed by atoms with Crippen LogP contribution in [0.2, 0.25) is 0 Å². The van der Waals surface area contributed by atoms with Gasteiger partial charge < -0.3 is 9.80 Å². The van der Waals surface area contributed by atoms with Gasteiger partial charge in [-0.15, -0.1) is 0 Å². The Morgan fingerprint density at radius 2 is 1.60 bits per heavy atom. The van der Waals surface area contributed by atoms with Gasteiger partial charge in [0.05, 0.1) is 4.47 Å². The summed E-state index contributed by atoms with van der Waals surface area (Å²) in [4.78, 5) is 21.6. The van der Waals surface area contributed by atoms with E-state index in [0.717, 1.165) is 48.1 Å². The van der Waals surface area contributed by atoms with Crippen LogP contribution in [0.1, 0.15) is 5.69 Å². The van der Waals surface area contributed by atoms with Crippen LogP contribution in [0.15, 0.2) is 29.3 Å². The van der Waals surface area contributed by atoms with E-state index in [4.69, 9.17) is 0 Å². The Kier molecular flexibility index (Phi) is 3.77. The first kappa shape index (κ1) is 13.2. The van der Waals surface area contributed by atoms with Crippen molar-refractivity contribution in [3.8, 4) is 0 Å². The van der Waals surface area contributed by atoms with Gasteiger partial charge in [0.15, 0.2) is 0 Å². The smallest absolute Gasteiger partial charge is 0.225 e. The highest BCUT2D eigenvalue weighted by Crippen LogP contribution is 2.17. The molecule has 3 heterocycles. The summed E-state index contributed by atoms with van der Waals surface area (Å²) in [6, 6.07) is 2.02. The quantitative estimate of drug-likeness (QED) is 0.832. The van der Waals surface area contributed by atoms with E-state index in [1.165, 1.54) is 0 Å². The zero-order valence-electron chi connectivity index (χ0n) is 11.2. The molecular weight excluding hydrogens is 320 g/mol. The summed E-state index contributed by atoms with van der Waals surface area (Å²) >= 11 is 3.35. The molecule has 1 aliphatic heterocycles. The molecule has 104 valence electrons. The third-order valence-corrected chi connectivity index (χ3v) is 3.69. The van der Waals surface area contributed by atoms with Gasteiger partial charge in [0.2, 0.25) is 5.95 Å². The van der Waals surface area contributed by atoms with Crippen LogP contribution in [0, 0.1) is 6.92 Å². The van der Waals surface area contributed by atoms with E-state index in [2.05, 4.69) is 45.7 Å². The molecule has 0 aromatic carbocycles. The fourth-order valence-corrected chi connectivity index (χ4v) is 2.42. The van der Waals surface area contributed by atoms with Gasteiger partial charge in [-0.3, -0.25) is 0 Å². The van der Waals surface area contributed by atoms with Crippen molar-refractivity contribution in [1.82, 2.24) is 19.9 Å². The Balaban J connectivity index is 1.66. The number of aryl methyl sites for hydroxylation is 1. The van der Waals surface area contributed by atoms with Crippen LogP contribution in [-0.4, -0.2) is 46.1 Å². The van der Waals surface area contributed by atoms with Crippen LogP contribution in [0.3, 0.4) is 0 Å². The van der Waals surface area contributed by atoms with Crippen LogP contribution < -0.4 is 9.80 Å². The summed E-state index contributed by atoms with van der Waals surface area (Å²) in [5.41, 5.74) is 0.994. The van der Waals surface area contributed by atoms with Gasteiger partial charge in [-0.2, -0.15) is 0 Å². The molecule has 0 bridgehead atoms. The molecule has 0 radical (unpaired) electrons. The average molecular weight is 335 g/mol. The summed E-state index contributed by atoms with van der Waals surface area (Å²) in [7, 11) is 0. The molecule has 1 fully saturated rings. The maximum absolute atomic E-state index is 4.34. The maximum atomic E-state index is 4.34. The lowest BCUT2D eigenvalue weighted by Crippen LogP contribution is -2.47. The minimum absolute atomic E-state index is 0.784. The Bertz CT molecular complexity index is 580. The monoisotopic (exact) mass is 334 g/mol. The molecule has 20 heavy (non-hydrogen) atoms. The molecule has 0 saturated carbocycles. The number of piperazine rings is 1. The predicted molar refractivity (Wildman–Crippen MR) is 80.9 cm³/mol. The second-order valence-corrected chi connectivity index (χ2v) is 5.61. The van der Waals surface area contributed by atoms with E-state index < -0.39 is 0 Å². The van der Waals surface area contributed by atoms with Crippen molar-refractivity contribution in [3.05, 3.63) is 35.0 Å². The predicted octanol–water partition coefficient (Wildman–Crippen LogP) is 1.66. The fraction of sp³-hybridized carbons (Fsp3) is 0.385. The number of aromatic nitrogens is 4. The highest BCUT2D eigenvalue weighted by atomic mass is 79.9. The molecule has 0 N–H and O–H groups in total. The van der Waals surface area contributed by atoms with E-state index in [9.17, 15) is 0 Å². The Labute approximate surface area is 126 Å². The first-order valence-corrected chi connectivity index (χ1v) is 7.28. The van der Waals surface area contributed by atoms with Crippen LogP contribution in [0.4, 0.5) is 11.8 Å². The van der Waals surface area contributed by atoms with E-state index in [1.54, 1.807) is 18.7 Å². The third-order valence-electron chi connectivity index (χ3n) is 3.28. The molecule has 0 amide bonds. The lowest BCUT2D eigenvalue weighted by atomic mass is 10.3. The van der Waals surface area contributed by atoms with Crippen molar-refractivity contribution in [2.24, 2.45) is 0 Å². The Morgan fingerprint density at radius 3 is 2.25 bits per heavy atom. The summed E-state index contributed by atoms with van der Waals surface area (Å²) in [5, 5.41) is 0. The average Bonchev–Trinajstić information content (AvgIpc) is 2.48. The molecule has 2 aromatic heterocycles. The van der Waals surface area contributed by atoms with Crippen molar-refractivity contribution in [1.29, 1.82) is 0 Å². The molecule has 7 heteroatoms. The topological polar surface area (TPSA) is 58.0 Å². The molecule has 2 aromatic rings. The highest BCUT2D eigenvalue weighted by molar-refractivity contribution is 9.10. The first-order valence-electron chi connectivity index (χ1n) is 6.48. The van der Waals surface area contributed by atoms with Gasteiger partial charge in [0.25, 0.3) is 0 Å². The van der Waals surface area contributed by atoms with Gasteiger partial charge >= 0.3 is 0 Å². The lowest BCUT2D eigenvalue weighted by molar-refractivity contribution is 0.633. The van der Waals surface area contributed by atoms with Crippen LogP contribution in [-0.2, 0) is 0 Å². The van der Waals surface area contributed by atoms with Crippen molar-refractivity contribution >= 4 is 27.7 Å². The van der Waals surface area contributed by atoms with Gasteiger partial charge in [-0.25, -0.2) is 19.9 Å². The third kappa shape index (κ3) is 2.87. The zero-order chi connectivity index (χ0) is 13.9. The largest absolute Gasteiger partial charge is 0.353 e. The lowest BCUT2D eigenvalue weighted by Gasteiger charge is -2.35. The zero-order valence-corrected chi connectivity index (χ0v) is 12.8.